The molecule has 0 unspecified atom stereocenters. The van der Waals surface area contributed by atoms with Gasteiger partial charge in [0.2, 0.25) is 5.91 Å². The van der Waals surface area contributed by atoms with E-state index in [0.717, 1.165) is 6.42 Å². The van der Waals surface area contributed by atoms with Crippen molar-refractivity contribution >= 4 is 11.6 Å². The van der Waals surface area contributed by atoms with Crippen molar-refractivity contribution in [2.24, 2.45) is 0 Å². The number of nitrogens with one attached hydrogen (secondary N) is 1. The molecule has 0 aliphatic carbocycles. The molecule has 9 heteroatoms. The van der Waals surface area contributed by atoms with Gasteiger partial charge in [0.1, 0.15) is 5.75 Å². The number of alkyl halides is 3. The lowest BCUT2D eigenvalue weighted by atomic mass is 10.2. The number of aromatic hydroxyl groups is 1. The zero-order valence-electron chi connectivity index (χ0n) is 13.0. The van der Waals surface area contributed by atoms with Gasteiger partial charge in [-0.3, -0.25) is 9.78 Å². The fourth-order valence-electron chi connectivity index (χ4n) is 2.08. The van der Waals surface area contributed by atoms with Gasteiger partial charge in [0.05, 0.1) is 42.1 Å². The van der Waals surface area contributed by atoms with E-state index in [4.69, 9.17) is 0 Å². The van der Waals surface area contributed by atoms with Crippen LogP contribution in [-0.2, 0) is 11.2 Å². The molecule has 2 rings (SSSR count). The summed E-state index contributed by atoms with van der Waals surface area (Å²) < 4.78 is 38.0. The van der Waals surface area contributed by atoms with E-state index in [1.54, 1.807) is 0 Å². The van der Waals surface area contributed by atoms with E-state index >= 15 is 0 Å². The van der Waals surface area contributed by atoms with Crippen molar-refractivity contribution in [1.29, 1.82) is 0 Å². The third kappa shape index (κ3) is 4.97. The highest BCUT2D eigenvalue weighted by atomic mass is 19.4. The summed E-state index contributed by atoms with van der Waals surface area (Å²) in [4.78, 5) is 15.6. The van der Waals surface area contributed by atoms with E-state index in [2.05, 4.69) is 15.4 Å². The summed E-state index contributed by atoms with van der Waals surface area (Å²) >= 11 is 0. The molecule has 1 amide bonds. The summed E-state index contributed by atoms with van der Waals surface area (Å²) in [5.41, 5.74) is 1.39. The normalized spacial score (nSPS) is 11.5. The van der Waals surface area contributed by atoms with Crippen molar-refractivity contribution in [2.75, 3.05) is 5.32 Å². The van der Waals surface area contributed by atoms with Gasteiger partial charge in [-0.1, -0.05) is 13.3 Å². The molecule has 0 spiro atoms. The number of halogens is 3. The number of hydrogen-bond acceptors (Lipinski definition) is 4. The third-order valence-corrected chi connectivity index (χ3v) is 3.16. The van der Waals surface area contributed by atoms with Crippen LogP contribution in [0.4, 0.5) is 18.9 Å². The van der Waals surface area contributed by atoms with E-state index in [9.17, 15) is 23.1 Å². The molecule has 2 aromatic rings. The van der Waals surface area contributed by atoms with Gasteiger partial charge in [0.25, 0.3) is 0 Å². The Morgan fingerprint density at radius 3 is 2.75 bits per heavy atom. The Labute approximate surface area is 136 Å². The Hall–Kier alpha value is -2.58. The van der Waals surface area contributed by atoms with Crippen molar-refractivity contribution in [3.05, 3.63) is 30.4 Å². The number of rotatable bonds is 6. The van der Waals surface area contributed by atoms with Gasteiger partial charge in [0, 0.05) is 12.5 Å². The largest absolute Gasteiger partial charge is 0.506 e. The number of carbonyl (C=O) groups excluding carboxylic acids is 1. The maximum absolute atomic E-state index is 12.2. The van der Waals surface area contributed by atoms with Crippen LogP contribution in [0.2, 0.25) is 0 Å². The predicted molar refractivity (Wildman–Crippen MR) is 80.9 cm³/mol. The van der Waals surface area contributed by atoms with Crippen molar-refractivity contribution in [3.63, 3.8) is 0 Å². The van der Waals surface area contributed by atoms with Gasteiger partial charge < -0.3 is 10.4 Å². The molecule has 0 aliphatic heterocycles. The fourth-order valence-corrected chi connectivity index (χ4v) is 2.08. The number of anilines is 1. The molecule has 24 heavy (non-hydrogen) atoms. The first-order valence-corrected chi connectivity index (χ1v) is 7.38. The van der Waals surface area contributed by atoms with E-state index in [1.807, 2.05) is 6.92 Å². The number of amides is 1. The molecular weight excluding hydrogens is 325 g/mol. The molecule has 0 bridgehead atoms. The molecule has 0 saturated heterocycles. The second-order valence-corrected chi connectivity index (χ2v) is 5.25. The van der Waals surface area contributed by atoms with E-state index in [0.29, 0.717) is 23.5 Å². The maximum Gasteiger partial charge on any atom is 0.389 e. The summed E-state index contributed by atoms with van der Waals surface area (Å²) in [6.07, 6.45) is -0.666. The molecule has 0 aromatic carbocycles. The SMILES string of the molecule is CCCc1nn(-c2cncc(O)c2)cc1NC(=O)CCC(F)(F)F. The predicted octanol–water partition coefficient (Wildman–Crippen LogP) is 3.21. The third-order valence-electron chi connectivity index (χ3n) is 3.16. The minimum Gasteiger partial charge on any atom is -0.506 e. The number of hydrogen-bond donors (Lipinski definition) is 2. The van der Waals surface area contributed by atoms with Crippen molar-refractivity contribution in [1.82, 2.24) is 14.8 Å². The zero-order chi connectivity index (χ0) is 17.7. The van der Waals surface area contributed by atoms with Crippen LogP contribution in [0.3, 0.4) is 0 Å². The minimum atomic E-state index is -4.37. The summed E-state index contributed by atoms with van der Waals surface area (Å²) in [5, 5.41) is 16.2. The van der Waals surface area contributed by atoms with Crippen molar-refractivity contribution in [3.8, 4) is 11.4 Å². The van der Waals surface area contributed by atoms with Crippen LogP contribution in [-0.4, -0.2) is 32.0 Å². The maximum atomic E-state index is 12.2. The number of aromatic nitrogens is 3. The molecule has 2 heterocycles. The topological polar surface area (TPSA) is 80.0 Å². The van der Waals surface area contributed by atoms with Crippen LogP contribution >= 0.6 is 0 Å². The Bertz CT molecular complexity index is 713. The summed E-state index contributed by atoms with van der Waals surface area (Å²) in [6.45, 7) is 1.92. The summed E-state index contributed by atoms with van der Waals surface area (Å²) in [6, 6.07) is 1.44. The van der Waals surface area contributed by atoms with Crippen LogP contribution in [0, 0.1) is 0 Å². The second kappa shape index (κ2) is 7.33. The van der Waals surface area contributed by atoms with E-state index < -0.39 is 24.9 Å². The Balaban J connectivity index is 2.18. The smallest absolute Gasteiger partial charge is 0.389 e. The molecule has 0 aliphatic rings. The number of pyridine rings is 1. The summed E-state index contributed by atoms with van der Waals surface area (Å²) in [7, 11) is 0. The van der Waals surface area contributed by atoms with Gasteiger partial charge in [-0.25, -0.2) is 4.68 Å². The number of aryl methyl sites for hydroxylation is 1. The van der Waals surface area contributed by atoms with Crippen molar-refractivity contribution in [2.45, 2.75) is 38.8 Å². The summed E-state index contributed by atoms with van der Waals surface area (Å²) in [5.74, 6) is -0.769. The first-order chi connectivity index (χ1) is 11.3. The Morgan fingerprint density at radius 2 is 2.12 bits per heavy atom. The molecule has 0 atom stereocenters. The monoisotopic (exact) mass is 342 g/mol. The highest BCUT2D eigenvalue weighted by Gasteiger charge is 2.28. The lowest BCUT2D eigenvalue weighted by Gasteiger charge is -2.07. The zero-order valence-corrected chi connectivity index (χ0v) is 13.0. The molecular formula is C15H17F3N4O2. The van der Waals surface area contributed by atoms with Gasteiger partial charge in [-0.2, -0.15) is 18.3 Å². The van der Waals surface area contributed by atoms with Gasteiger partial charge in [-0.15, -0.1) is 0 Å². The fraction of sp³-hybridized carbons (Fsp3) is 0.400. The van der Waals surface area contributed by atoms with Crippen LogP contribution in [0.15, 0.2) is 24.7 Å². The Morgan fingerprint density at radius 1 is 1.38 bits per heavy atom. The number of nitrogens with zero attached hydrogens (tertiary/aromatic N) is 3. The molecule has 130 valence electrons. The molecule has 0 saturated carbocycles. The molecule has 2 aromatic heterocycles. The van der Waals surface area contributed by atoms with Crippen molar-refractivity contribution < 1.29 is 23.1 Å². The van der Waals surface area contributed by atoms with E-state index in [-0.39, 0.29) is 5.75 Å². The Kier molecular flexibility index (Phi) is 5.42. The highest BCUT2D eigenvalue weighted by molar-refractivity contribution is 5.91. The van der Waals surface area contributed by atoms with E-state index in [1.165, 1.54) is 29.3 Å². The second-order valence-electron chi connectivity index (χ2n) is 5.25. The van der Waals surface area contributed by atoms with Crippen LogP contribution in [0.5, 0.6) is 5.75 Å². The molecule has 0 radical (unpaired) electrons. The average Bonchev–Trinajstić information content (AvgIpc) is 2.88. The lowest BCUT2D eigenvalue weighted by molar-refractivity contribution is -0.142. The molecule has 6 nitrogen and oxygen atoms in total. The minimum absolute atomic E-state index is 0.0456. The first kappa shape index (κ1) is 17.8. The number of carbonyl (C=O) groups is 1. The van der Waals surface area contributed by atoms with Crippen LogP contribution in [0.25, 0.3) is 5.69 Å². The standard InChI is InChI=1S/C15H17F3N4O2/c1-2-3-12-13(20-14(24)4-5-15(16,17)18)9-22(21-12)10-6-11(23)8-19-7-10/h6-9,23H,2-5H2,1H3,(H,20,24). The van der Waals surface area contributed by atoms with Gasteiger partial charge in [-0.05, 0) is 6.42 Å². The quantitative estimate of drug-likeness (QED) is 0.845. The first-order valence-electron chi connectivity index (χ1n) is 7.38. The lowest BCUT2D eigenvalue weighted by Crippen LogP contribution is -2.17. The van der Waals surface area contributed by atoms with Crippen LogP contribution in [0.1, 0.15) is 31.9 Å². The van der Waals surface area contributed by atoms with Gasteiger partial charge >= 0.3 is 6.18 Å². The molecule has 0 fully saturated rings. The van der Waals surface area contributed by atoms with Crippen LogP contribution < -0.4 is 5.32 Å². The molecule has 2 N–H and O–H groups in total. The highest BCUT2D eigenvalue weighted by Crippen LogP contribution is 2.23. The average molecular weight is 342 g/mol. The van der Waals surface area contributed by atoms with Gasteiger partial charge in [0.15, 0.2) is 0 Å².